The molecule has 0 aliphatic carbocycles. The highest BCUT2D eigenvalue weighted by atomic mass is 15.1. The zero-order valence-electron chi connectivity index (χ0n) is 12.7. The molecule has 0 amide bonds. The van der Waals surface area contributed by atoms with Gasteiger partial charge in [-0.25, -0.2) is 0 Å². The SMILES string of the molecule is Cc1cc(C)cc(C(N)CCN2CCCC(C)C2)c1. The number of nitrogens with zero attached hydrogens (tertiary/aromatic N) is 1. The van der Waals surface area contributed by atoms with Gasteiger partial charge in [0.1, 0.15) is 0 Å². The Morgan fingerprint density at radius 1 is 1.26 bits per heavy atom. The molecule has 1 aliphatic heterocycles. The molecule has 1 heterocycles. The van der Waals surface area contributed by atoms with Gasteiger partial charge in [-0.05, 0) is 57.7 Å². The van der Waals surface area contributed by atoms with E-state index >= 15 is 0 Å². The molecule has 1 aliphatic rings. The van der Waals surface area contributed by atoms with Crippen LogP contribution < -0.4 is 5.73 Å². The summed E-state index contributed by atoms with van der Waals surface area (Å²) in [6.45, 7) is 10.3. The lowest BCUT2D eigenvalue weighted by Gasteiger charge is -2.31. The molecule has 106 valence electrons. The summed E-state index contributed by atoms with van der Waals surface area (Å²) >= 11 is 0. The Labute approximate surface area is 118 Å². The van der Waals surface area contributed by atoms with Gasteiger partial charge in [-0.3, -0.25) is 0 Å². The molecule has 0 radical (unpaired) electrons. The van der Waals surface area contributed by atoms with E-state index in [1.807, 2.05) is 0 Å². The normalized spacial score (nSPS) is 22.4. The van der Waals surface area contributed by atoms with Crippen LogP contribution in [0.3, 0.4) is 0 Å². The Morgan fingerprint density at radius 3 is 2.58 bits per heavy atom. The standard InChI is InChI=1S/C17H28N2/c1-13-5-4-7-19(12-13)8-6-17(18)16-10-14(2)9-15(3)11-16/h9-11,13,17H,4-8,12,18H2,1-3H3. The number of rotatable bonds is 4. The van der Waals surface area contributed by atoms with Crippen molar-refractivity contribution < 1.29 is 0 Å². The van der Waals surface area contributed by atoms with E-state index in [1.54, 1.807) is 0 Å². The second kappa shape index (κ2) is 6.53. The number of aryl methyl sites for hydroxylation is 2. The average Bonchev–Trinajstić information content (AvgIpc) is 2.35. The molecule has 2 N–H and O–H groups in total. The zero-order valence-corrected chi connectivity index (χ0v) is 12.7. The van der Waals surface area contributed by atoms with Crippen LogP contribution in [0.25, 0.3) is 0 Å². The van der Waals surface area contributed by atoms with Crippen molar-refractivity contribution in [2.75, 3.05) is 19.6 Å². The molecule has 0 bridgehead atoms. The molecule has 0 saturated carbocycles. The number of hydrogen-bond donors (Lipinski definition) is 1. The van der Waals surface area contributed by atoms with Crippen molar-refractivity contribution >= 4 is 0 Å². The quantitative estimate of drug-likeness (QED) is 0.898. The fourth-order valence-corrected chi connectivity index (χ4v) is 3.20. The zero-order chi connectivity index (χ0) is 13.8. The molecule has 0 spiro atoms. The van der Waals surface area contributed by atoms with Gasteiger partial charge in [0, 0.05) is 12.6 Å². The van der Waals surface area contributed by atoms with Crippen LogP contribution in [0.5, 0.6) is 0 Å². The monoisotopic (exact) mass is 260 g/mol. The van der Waals surface area contributed by atoms with Gasteiger partial charge in [0.15, 0.2) is 0 Å². The van der Waals surface area contributed by atoms with Gasteiger partial charge in [-0.1, -0.05) is 36.2 Å². The first kappa shape index (κ1) is 14.5. The van der Waals surface area contributed by atoms with E-state index in [0.717, 1.165) is 18.9 Å². The first-order valence-electron chi connectivity index (χ1n) is 7.60. The van der Waals surface area contributed by atoms with E-state index < -0.39 is 0 Å². The number of nitrogens with two attached hydrogens (primary N) is 1. The summed E-state index contributed by atoms with van der Waals surface area (Å²) in [4.78, 5) is 2.58. The third kappa shape index (κ3) is 4.32. The topological polar surface area (TPSA) is 29.3 Å². The molecule has 1 fully saturated rings. The largest absolute Gasteiger partial charge is 0.324 e. The van der Waals surface area contributed by atoms with Crippen LogP contribution >= 0.6 is 0 Å². The van der Waals surface area contributed by atoms with Gasteiger partial charge >= 0.3 is 0 Å². The van der Waals surface area contributed by atoms with E-state index in [2.05, 4.69) is 43.9 Å². The van der Waals surface area contributed by atoms with Crippen LogP contribution in [0, 0.1) is 19.8 Å². The van der Waals surface area contributed by atoms with Gasteiger partial charge < -0.3 is 10.6 Å². The van der Waals surface area contributed by atoms with Crippen LogP contribution in [0.4, 0.5) is 0 Å². The first-order chi connectivity index (χ1) is 9.04. The minimum absolute atomic E-state index is 0.177. The maximum atomic E-state index is 6.36. The summed E-state index contributed by atoms with van der Waals surface area (Å²) in [6, 6.07) is 6.85. The Morgan fingerprint density at radius 2 is 1.95 bits per heavy atom. The van der Waals surface area contributed by atoms with E-state index in [9.17, 15) is 0 Å². The predicted molar refractivity (Wildman–Crippen MR) is 82.3 cm³/mol. The van der Waals surface area contributed by atoms with Crippen molar-refractivity contribution in [3.8, 4) is 0 Å². The number of hydrogen-bond acceptors (Lipinski definition) is 2. The van der Waals surface area contributed by atoms with Crippen molar-refractivity contribution in [1.29, 1.82) is 0 Å². The predicted octanol–water partition coefficient (Wildman–Crippen LogP) is 3.43. The minimum Gasteiger partial charge on any atom is -0.324 e. The van der Waals surface area contributed by atoms with Crippen molar-refractivity contribution in [3.05, 3.63) is 34.9 Å². The highest BCUT2D eigenvalue weighted by molar-refractivity contribution is 5.30. The van der Waals surface area contributed by atoms with Crippen LogP contribution in [-0.4, -0.2) is 24.5 Å². The summed E-state index contributed by atoms with van der Waals surface area (Å²) in [5, 5.41) is 0. The third-order valence-electron chi connectivity index (χ3n) is 4.17. The summed E-state index contributed by atoms with van der Waals surface area (Å²) in [6.07, 6.45) is 3.80. The third-order valence-corrected chi connectivity index (χ3v) is 4.17. The van der Waals surface area contributed by atoms with Gasteiger partial charge in [0.05, 0.1) is 0 Å². The van der Waals surface area contributed by atoms with E-state index in [0.29, 0.717) is 0 Å². The van der Waals surface area contributed by atoms with Crippen molar-refractivity contribution in [2.24, 2.45) is 11.7 Å². The van der Waals surface area contributed by atoms with Gasteiger partial charge in [-0.15, -0.1) is 0 Å². The summed E-state index contributed by atoms with van der Waals surface area (Å²) < 4.78 is 0. The highest BCUT2D eigenvalue weighted by Gasteiger charge is 2.17. The molecule has 2 atom stereocenters. The van der Waals surface area contributed by atoms with Crippen LogP contribution in [0.1, 0.15) is 48.9 Å². The Balaban J connectivity index is 1.88. The Bertz CT molecular complexity index is 393. The maximum absolute atomic E-state index is 6.36. The maximum Gasteiger partial charge on any atom is 0.0307 e. The molecular formula is C17H28N2. The van der Waals surface area contributed by atoms with Crippen LogP contribution in [-0.2, 0) is 0 Å². The molecule has 2 heteroatoms. The molecule has 2 rings (SSSR count). The average molecular weight is 260 g/mol. The van der Waals surface area contributed by atoms with Crippen LogP contribution in [0.15, 0.2) is 18.2 Å². The van der Waals surface area contributed by atoms with E-state index in [4.69, 9.17) is 5.73 Å². The first-order valence-corrected chi connectivity index (χ1v) is 7.60. The van der Waals surface area contributed by atoms with Crippen LogP contribution in [0.2, 0.25) is 0 Å². The van der Waals surface area contributed by atoms with Gasteiger partial charge in [-0.2, -0.15) is 0 Å². The van der Waals surface area contributed by atoms with Gasteiger partial charge in [0.25, 0.3) is 0 Å². The lowest BCUT2D eigenvalue weighted by Crippen LogP contribution is -2.36. The van der Waals surface area contributed by atoms with E-state index in [-0.39, 0.29) is 6.04 Å². The molecule has 2 nitrogen and oxygen atoms in total. The van der Waals surface area contributed by atoms with E-state index in [1.165, 1.54) is 42.6 Å². The van der Waals surface area contributed by atoms with Gasteiger partial charge in [0.2, 0.25) is 0 Å². The molecule has 2 unspecified atom stereocenters. The lowest BCUT2D eigenvalue weighted by atomic mass is 9.97. The minimum atomic E-state index is 0.177. The molecule has 1 saturated heterocycles. The molecular weight excluding hydrogens is 232 g/mol. The lowest BCUT2D eigenvalue weighted by molar-refractivity contribution is 0.178. The fraction of sp³-hybridized carbons (Fsp3) is 0.647. The Kier molecular flexibility index (Phi) is 5.00. The fourth-order valence-electron chi connectivity index (χ4n) is 3.20. The van der Waals surface area contributed by atoms with Crippen molar-refractivity contribution in [1.82, 2.24) is 4.90 Å². The van der Waals surface area contributed by atoms with Crippen molar-refractivity contribution in [2.45, 2.75) is 46.1 Å². The number of likely N-dealkylation sites (tertiary alicyclic amines) is 1. The molecule has 19 heavy (non-hydrogen) atoms. The molecule has 1 aromatic rings. The molecule has 0 aromatic heterocycles. The second-order valence-corrected chi connectivity index (χ2v) is 6.36. The number of piperidine rings is 1. The summed E-state index contributed by atoms with van der Waals surface area (Å²) in [5.41, 5.74) is 10.3. The summed E-state index contributed by atoms with van der Waals surface area (Å²) in [7, 11) is 0. The highest BCUT2D eigenvalue weighted by Crippen LogP contribution is 2.20. The molecule has 1 aromatic carbocycles. The second-order valence-electron chi connectivity index (χ2n) is 6.36. The van der Waals surface area contributed by atoms with Crippen molar-refractivity contribution in [3.63, 3.8) is 0 Å². The Hall–Kier alpha value is -0.860. The smallest absolute Gasteiger partial charge is 0.0307 e. The summed E-state index contributed by atoms with van der Waals surface area (Å²) in [5.74, 6) is 0.853. The number of benzene rings is 1.